The second kappa shape index (κ2) is 10.7. The zero-order valence-corrected chi connectivity index (χ0v) is 32.9. The quantitative estimate of drug-likeness (QED) is 0.182. The number of hydrogen-bond acceptors (Lipinski definition) is 0. The molecule has 1 aliphatic heterocycles. The Morgan fingerprint density at radius 2 is 1.04 bits per heavy atom. The Hall–Kier alpha value is -2.55. The molecule has 8 rings (SSSR count). The van der Waals surface area contributed by atoms with Crippen LogP contribution in [-0.4, -0.2) is 8.07 Å². The van der Waals surface area contributed by atoms with Gasteiger partial charge in [-0.1, -0.05) is 0 Å². The van der Waals surface area contributed by atoms with Gasteiger partial charge in [-0.25, -0.2) is 0 Å². The summed E-state index contributed by atoms with van der Waals surface area (Å²) in [7, 11) is -2.00. The van der Waals surface area contributed by atoms with E-state index in [1.54, 1.807) is 22.3 Å². The topological polar surface area (TPSA) is 0 Å². The first-order chi connectivity index (χ1) is 21.6. The van der Waals surface area contributed by atoms with Crippen LogP contribution in [0.5, 0.6) is 0 Å². The van der Waals surface area contributed by atoms with Crippen molar-refractivity contribution in [2.24, 2.45) is 0 Å². The van der Waals surface area contributed by atoms with Gasteiger partial charge in [-0.2, -0.15) is 0 Å². The van der Waals surface area contributed by atoms with Crippen LogP contribution in [0.15, 0.2) is 83.2 Å². The minimum atomic E-state index is -3.09. The average Bonchev–Trinajstić information content (AvgIpc) is 3.65. The Morgan fingerprint density at radius 1 is 0.578 bits per heavy atom. The SMILES string of the molecule is Cc1ccc(C)c(-c2cccc3c2C=C2[CH]3[Hf]([CH3])([CH3])[CH]3C(=Cc4c(-c5cc(C)ccc5C)cccc43)[Si]2(C)C2CCCCC2)c1. The van der Waals surface area contributed by atoms with Crippen molar-refractivity contribution in [3.8, 4) is 22.3 Å². The first-order valence-corrected chi connectivity index (χ1v) is 31.4. The maximum atomic E-state index is 2.84. The fourth-order valence-corrected chi connectivity index (χ4v) is 43.2. The van der Waals surface area contributed by atoms with Crippen molar-refractivity contribution in [1.82, 2.24) is 0 Å². The summed E-state index contributed by atoms with van der Waals surface area (Å²) in [6.07, 6.45) is 12.7. The van der Waals surface area contributed by atoms with Crippen molar-refractivity contribution in [3.63, 3.8) is 0 Å². The Labute approximate surface area is 277 Å². The minimum absolute atomic E-state index is 0.689. The van der Waals surface area contributed by atoms with Crippen LogP contribution in [0.2, 0.25) is 21.4 Å². The van der Waals surface area contributed by atoms with Gasteiger partial charge < -0.3 is 0 Å². The van der Waals surface area contributed by atoms with Gasteiger partial charge in [0.1, 0.15) is 0 Å². The molecule has 228 valence electrons. The standard InChI is InChI=1S/C41H42Si.2CH3.Hf/c1-27-17-19-29(3)38(21-27)36-15-9-11-31-23-34(25-40(31)36)42(5,33-13-7-6-8-14-33)35-24-32-12-10-16-37(41(32)26-35)39-22-28(2)18-20-30(39)4;;;/h9-12,15-26,33H,6-8,13-14H2,1-5H3;2*1H3;. The molecular formula is C43H48HfSi. The summed E-state index contributed by atoms with van der Waals surface area (Å²) in [6.45, 7) is 11.9. The third kappa shape index (κ3) is 4.37. The number of rotatable bonds is 3. The molecule has 1 saturated heterocycles. The molecule has 0 N–H and O–H groups in total. The normalized spacial score (nSPS) is 24.8. The second-order valence-electron chi connectivity index (χ2n) is 15.7. The Morgan fingerprint density at radius 3 is 1.51 bits per heavy atom. The van der Waals surface area contributed by atoms with E-state index in [2.05, 4.69) is 129 Å². The monoisotopic (exact) mass is 772 g/mol. The van der Waals surface area contributed by atoms with Crippen molar-refractivity contribution in [3.05, 3.63) is 128 Å². The zero-order chi connectivity index (χ0) is 31.2. The van der Waals surface area contributed by atoms with E-state index in [0.29, 0.717) is 7.35 Å². The van der Waals surface area contributed by atoms with Gasteiger partial charge in [-0.3, -0.25) is 0 Å². The number of fused-ring (bicyclic) bond motifs is 6. The number of hydrogen-bond donors (Lipinski definition) is 0. The molecular weight excluding hydrogens is 723 g/mol. The fourth-order valence-electron chi connectivity index (χ4n) is 10.3. The Balaban J connectivity index is 1.38. The average molecular weight is 771 g/mol. The van der Waals surface area contributed by atoms with Crippen LogP contribution in [0.25, 0.3) is 34.4 Å². The van der Waals surface area contributed by atoms with Crippen molar-refractivity contribution in [2.45, 2.75) is 88.6 Å². The van der Waals surface area contributed by atoms with E-state index in [1.807, 2.05) is 10.4 Å². The van der Waals surface area contributed by atoms with Crippen LogP contribution in [0, 0.1) is 27.7 Å². The molecule has 1 saturated carbocycles. The maximum absolute atomic E-state index is 3.09. The summed E-state index contributed by atoms with van der Waals surface area (Å²) in [5, 5.41) is 3.86. The molecule has 45 heavy (non-hydrogen) atoms. The van der Waals surface area contributed by atoms with Crippen molar-refractivity contribution < 1.29 is 20.0 Å². The van der Waals surface area contributed by atoms with Gasteiger partial charge >= 0.3 is 279 Å². The molecule has 0 spiro atoms. The molecule has 1 heterocycles. The summed E-state index contributed by atoms with van der Waals surface area (Å²) in [6, 6.07) is 28.8. The molecule has 0 radical (unpaired) electrons. The summed E-state index contributed by atoms with van der Waals surface area (Å²) >= 11 is -3.09. The van der Waals surface area contributed by atoms with Crippen molar-refractivity contribution >= 4 is 20.2 Å². The third-order valence-electron chi connectivity index (χ3n) is 12.6. The number of allylic oxidation sites excluding steroid dienone is 2. The molecule has 0 amide bonds. The van der Waals surface area contributed by atoms with E-state index in [-0.39, 0.29) is 0 Å². The molecule has 2 atom stereocenters. The van der Waals surface area contributed by atoms with Crippen molar-refractivity contribution in [2.75, 3.05) is 0 Å². The van der Waals surface area contributed by atoms with E-state index in [0.717, 1.165) is 5.54 Å². The van der Waals surface area contributed by atoms with Gasteiger partial charge in [-0.05, 0) is 0 Å². The zero-order valence-electron chi connectivity index (χ0n) is 28.4. The van der Waals surface area contributed by atoms with E-state index in [9.17, 15) is 0 Å². The Kier molecular flexibility index (Phi) is 7.12. The number of benzene rings is 4. The Bertz CT molecular complexity index is 1800. The van der Waals surface area contributed by atoms with Crippen LogP contribution in [0.3, 0.4) is 0 Å². The van der Waals surface area contributed by atoms with Crippen LogP contribution < -0.4 is 0 Å². The predicted octanol–water partition coefficient (Wildman–Crippen LogP) is 12.6. The van der Waals surface area contributed by atoms with Gasteiger partial charge in [0.25, 0.3) is 0 Å². The summed E-state index contributed by atoms with van der Waals surface area (Å²) in [5.41, 5.74) is 18.7. The van der Waals surface area contributed by atoms with Crippen LogP contribution >= 0.6 is 0 Å². The first kappa shape index (κ1) is 29.8. The van der Waals surface area contributed by atoms with Gasteiger partial charge in [0.2, 0.25) is 0 Å². The molecule has 4 aromatic carbocycles. The molecule has 2 unspecified atom stereocenters. The van der Waals surface area contributed by atoms with E-state index < -0.39 is 28.0 Å². The first-order valence-electron chi connectivity index (χ1n) is 17.5. The van der Waals surface area contributed by atoms with E-state index >= 15 is 0 Å². The van der Waals surface area contributed by atoms with E-state index in [1.165, 1.54) is 76.6 Å². The van der Waals surface area contributed by atoms with Crippen LogP contribution in [-0.2, 0) is 20.0 Å². The molecule has 3 aliphatic carbocycles. The molecule has 0 nitrogen and oxygen atoms in total. The van der Waals surface area contributed by atoms with Crippen LogP contribution in [0.4, 0.5) is 0 Å². The van der Waals surface area contributed by atoms with Crippen LogP contribution in [0.1, 0.15) is 84.0 Å². The number of aryl methyl sites for hydroxylation is 4. The third-order valence-corrected chi connectivity index (χ3v) is 35.3. The van der Waals surface area contributed by atoms with Crippen molar-refractivity contribution in [1.29, 1.82) is 0 Å². The molecule has 4 aromatic rings. The predicted molar refractivity (Wildman–Crippen MR) is 194 cm³/mol. The van der Waals surface area contributed by atoms with Gasteiger partial charge in [0.05, 0.1) is 0 Å². The van der Waals surface area contributed by atoms with Gasteiger partial charge in [-0.15, -0.1) is 0 Å². The molecule has 0 bridgehead atoms. The second-order valence-corrected chi connectivity index (χ2v) is 37.3. The summed E-state index contributed by atoms with van der Waals surface area (Å²) in [4.78, 5) is 0. The fraction of sp³-hybridized carbons (Fsp3) is 0.349. The summed E-state index contributed by atoms with van der Waals surface area (Å²) < 4.78 is 7.04. The molecule has 0 aromatic heterocycles. The van der Waals surface area contributed by atoms with Gasteiger partial charge in [0, 0.05) is 0 Å². The molecule has 2 heteroatoms. The molecule has 2 fully saturated rings. The van der Waals surface area contributed by atoms with Gasteiger partial charge in [0.15, 0.2) is 0 Å². The summed E-state index contributed by atoms with van der Waals surface area (Å²) in [5.74, 6) is 0. The van der Waals surface area contributed by atoms with E-state index in [4.69, 9.17) is 0 Å². The molecule has 4 aliphatic rings.